The van der Waals surface area contributed by atoms with E-state index in [2.05, 4.69) is 59.9 Å². The highest BCUT2D eigenvalue weighted by Crippen LogP contribution is 2.23. The standard InChI is InChI=1S/C19H27N7O/c1-2-9-26(8-1)17-5-3-16(4-6-17)22-19-23-18(15-21-24-19)20-7-10-25-11-13-27-14-12-25/h3-6,15H,1-2,7-14H2,(H2,20,22,23,24). The van der Waals surface area contributed by atoms with E-state index in [4.69, 9.17) is 4.74 Å². The molecule has 0 amide bonds. The SMILES string of the molecule is c1cc(N2CCCC2)ccc1Nc1nncc(NCCN2CCOCC2)n1. The lowest BCUT2D eigenvalue weighted by molar-refractivity contribution is 0.0398. The van der Waals surface area contributed by atoms with Crippen LogP contribution in [0.15, 0.2) is 30.5 Å². The van der Waals surface area contributed by atoms with E-state index in [1.54, 1.807) is 6.20 Å². The van der Waals surface area contributed by atoms with Gasteiger partial charge in [-0.2, -0.15) is 10.1 Å². The van der Waals surface area contributed by atoms with Crippen molar-refractivity contribution in [3.63, 3.8) is 0 Å². The number of nitrogens with one attached hydrogen (secondary N) is 2. The predicted octanol–water partition coefficient (Wildman–Crippen LogP) is 1.96. The van der Waals surface area contributed by atoms with Gasteiger partial charge in [0, 0.05) is 50.6 Å². The molecule has 2 aliphatic rings. The Labute approximate surface area is 159 Å². The molecule has 8 nitrogen and oxygen atoms in total. The van der Waals surface area contributed by atoms with Crippen LogP contribution in [0.5, 0.6) is 0 Å². The largest absolute Gasteiger partial charge is 0.379 e. The van der Waals surface area contributed by atoms with E-state index < -0.39 is 0 Å². The second-order valence-corrected chi connectivity index (χ2v) is 6.91. The predicted molar refractivity (Wildman–Crippen MR) is 107 cm³/mol. The molecule has 0 saturated carbocycles. The normalized spacial score (nSPS) is 17.9. The van der Waals surface area contributed by atoms with Gasteiger partial charge in [-0.1, -0.05) is 0 Å². The molecule has 0 radical (unpaired) electrons. The fourth-order valence-electron chi connectivity index (χ4n) is 3.47. The minimum Gasteiger partial charge on any atom is -0.379 e. The van der Waals surface area contributed by atoms with Gasteiger partial charge in [0.25, 0.3) is 0 Å². The third-order valence-corrected chi connectivity index (χ3v) is 4.99. The van der Waals surface area contributed by atoms with Crippen molar-refractivity contribution in [2.24, 2.45) is 0 Å². The highest BCUT2D eigenvalue weighted by atomic mass is 16.5. The quantitative estimate of drug-likeness (QED) is 0.767. The topological polar surface area (TPSA) is 78.4 Å². The van der Waals surface area contributed by atoms with E-state index in [1.165, 1.54) is 18.5 Å². The molecule has 0 spiro atoms. The Morgan fingerprint density at radius 1 is 1.00 bits per heavy atom. The second kappa shape index (κ2) is 8.96. The number of morpholine rings is 1. The molecule has 0 bridgehead atoms. The van der Waals surface area contributed by atoms with Gasteiger partial charge in [0.05, 0.1) is 19.4 Å². The second-order valence-electron chi connectivity index (χ2n) is 6.91. The Hall–Kier alpha value is -2.45. The van der Waals surface area contributed by atoms with Crippen LogP contribution in [0.3, 0.4) is 0 Å². The molecule has 2 saturated heterocycles. The molecule has 0 aliphatic carbocycles. The number of nitrogens with zero attached hydrogens (tertiary/aromatic N) is 5. The Kier molecular flexibility index (Phi) is 5.96. The summed E-state index contributed by atoms with van der Waals surface area (Å²) >= 11 is 0. The lowest BCUT2D eigenvalue weighted by atomic mass is 10.2. The summed E-state index contributed by atoms with van der Waals surface area (Å²) in [5, 5.41) is 14.7. The lowest BCUT2D eigenvalue weighted by Gasteiger charge is -2.26. The number of benzene rings is 1. The highest BCUT2D eigenvalue weighted by Gasteiger charge is 2.12. The summed E-state index contributed by atoms with van der Waals surface area (Å²) in [5.41, 5.74) is 2.24. The first-order valence-corrected chi connectivity index (χ1v) is 9.72. The molecule has 2 N–H and O–H groups in total. The van der Waals surface area contributed by atoms with Crippen molar-refractivity contribution in [1.82, 2.24) is 20.1 Å². The minimum absolute atomic E-state index is 0.500. The van der Waals surface area contributed by atoms with Crippen molar-refractivity contribution in [3.8, 4) is 0 Å². The number of aromatic nitrogens is 3. The molecule has 144 valence electrons. The average Bonchev–Trinajstić information content (AvgIpc) is 3.25. The van der Waals surface area contributed by atoms with Gasteiger partial charge in [-0.05, 0) is 37.1 Å². The average molecular weight is 369 g/mol. The maximum absolute atomic E-state index is 5.37. The van der Waals surface area contributed by atoms with Crippen LogP contribution in [0.4, 0.5) is 23.1 Å². The Morgan fingerprint density at radius 2 is 1.78 bits per heavy atom. The summed E-state index contributed by atoms with van der Waals surface area (Å²) in [4.78, 5) is 9.30. The van der Waals surface area contributed by atoms with Crippen LogP contribution in [0.2, 0.25) is 0 Å². The Bertz CT molecular complexity index is 712. The number of hydrogen-bond acceptors (Lipinski definition) is 8. The van der Waals surface area contributed by atoms with Crippen molar-refractivity contribution in [2.75, 3.05) is 68.0 Å². The number of ether oxygens (including phenoxy) is 1. The first-order valence-electron chi connectivity index (χ1n) is 9.72. The first kappa shape index (κ1) is 17.9. The summed E-state index contributed by atoms with van der Waals surface area (Å²) in [7, 11) is 0. The van der Waals surface area contributed by atoms with Gasteiger partial charge in [0.1, 0.15) is 0 Å². The molecule has 4 rings (SSSR count). The van der Waals surface area contributed by atoms with Gasteiger partial charge < -0.3 is 20.3 Å². The molecular weight excluding hydrogens is 342 g/mol. The maximum Gasteiger partial charge on any atom is 0.249 e. The van der Waals surface area contributed by atoms with E-state index in [0.717, 1.165) is 64.0 Å². The monoisotopic (exact) mass is 369 g/mol. The van der Waals surface area contributed by atoms with Crippen molar-refractivity contribution in [3.05, 3.63) is 30.5 Å². The molecule has 8 heteroatoms. The van der Waals surface area contributed by atoms with E-state index in [1.807, 2.05) is 0 Å². The molecule has 1 aromatic heterocycles. The minimum atomic E-state index is 0.500. The number of anilines is 4. The van der Waals surface area contributed by atoms with Crippen LogP contribution >= 0.6 is 0 Å². The van der Waals surface area contributed by atoms with Gasteiger partial charge in [-0.15, -0.1) is 5.10 Å². The molecule has 0 atom stereocenters. The van der Waals surface area contributed by atoms with Gasteiger partial charge >= 0.3 is 0 Å². The van der Waals surface area contributed by atoms with Gasteiger partial charge in [-0.25, -0.2) is 0 Å². The lowest BCUT2D eigenvalue weighted by Crippen LogP contribution is -2.39. The van der Waals surface area contributed by atoms with Crippen molar-refractivity contribution < 1.29 is 4.74 Å². The van der Waals surface area contributed by atoms with Crippen LogP contribution in [0, 0.1) is 0 Å². The van der Waals surface area contributed by atoms with E-state index in [0.29, 0.717) is 5.95 Å². The van der Waals surface area contributed by atoms with E-state index in [-0.39, 0.29) is 0 Å². The van der Waals surface area contributed by atoms with Gasteiger partial charge in [-0.3, -0.25) is 4.90 Å². The fourth-order valence-corrected chi connectivity index (χ4v) is 3.47. The van der Waals surface area contributed by atoms with Crippen molar-refractivity contribution in [2.45, 2.75) is 12.8 Å². The molecule has 1 aromatic carbocycles. The molecule has 2 fully saturated rings. The van der Waals surface area contributed by atoms with Crippen LogP contribution in [-0.2, 0) is 4.74 Å². The molecule has 2 aromatic rings. The van der Waals surface area contributed by atoms with Gasteiger partial charge in [0.15, 0.2) is 5.82 Å². The third-order valence-electron chi connectivity index (χ3n) is 4.99. The Morgan fingerprint density at radius 3 is 2.56 bits per heavy atom. The zero-order chi connectivity index (χ0) is 18.3. The molecule has 2 aliphatic heterocycles. The smallest absolute Gasteiger partial charge is 0.249 e. The molecule has 27 heavy (non-hydrogen) atoms. The zero-order valence-corrected chi connectivity index (χ0v) is 15.6. The summed E-state index contributed by atoms with van der Waals surface area (Å²) in [6, 6.07) is 8.42. The molecule has 3 heterocycles. The fraction of sp³-hybridized carbons (Fsp3) is 0.526. The summed E-state index contributed by atoms with van der Waals surface area (Å²) in [5.74, 6) is 1.23. The molecular formula is C19H27N7O. The van der Waals surface area contributed by atoms with Crippen molar-refractivity contribution >= 4 is 23.1 Å². The molecule has 0 unspecified atom stereocenters. The highest BCUT2D eigenvalue weighted by molar-refractivity contribution is 5.59. The van der Waals surface area contributed by atoms with E-state index in [9.17, 15) is 0 Å². The number of rotatable bonds is 7. The summed E-state index contributed by atoms with van der Waals surface area (Å²) in [6.07, 6.45) is 4.22. The Balaban J connectivity index is 1.29. The van der Waals surface area contributed by atoms with Crippen LogP contribution in [0.1, 0.15) is 12.8 Å². The van der Waals surface area contributed by atoms with Crippen LogP contribution in [0.25, 0.3) is 0 Å². The van der Waals surface area contributed by atoms with Gasteiger partial charge in [0.2, 0.25) is 5.95 Å². The van der Waals surface area contributed by atoms with Crippen LogP contribution in [-0.4, -0.2) is 72.6 Å². The summed E-state index contributed by atoms with van der Waals surface area (Å²) < 4.78 is 5.37. The maximum atomic E-state index is 5.37. The third kappa shape index (κ3) is 5.05. The first-order chi connectivity index (χ1) is 13.4. The number of hydrogen-bond donors (Lipinski definition) is 2. The summed E-state index contributed by atoms with van der Waals surface area (Å²) in [6.45, 7) is 7.71. The zero-order valence-electron chi connectivity index (χ0n) is 15.6. The van der Waals surface area contributed by atoms with Crippen LogP contribution < -0.4 is 15.5 Å². The van der Waals surface area contributed by atoms with Crippen molar-refractivity contribution in [1.29, 1.82) is 0 Å². The van der Waals surface area contributed by atoms with E-state index >= 15 is 0 Å².